The highest BCUT2D eigenvalue weighted by Gasteiger charge is 2.07. The van der Waals surface area contributed by atoms with Crippen LogP contribution in [0.2, 0.25) is 5.02 Å². The van der Waals surface area contributed by atoms with E-state index in [1.807, 2.05) is 54.6 Å². The summed E-state index contributed by atoms with van der Waals surface area (Å²) in [7, 11) is 0. The maximum absolute atomic E-state index is 12.1. The van der Waals surface area contributed by atoms with E-state index in [4.69, 9.17) is 11.6 Å². The van der Waals surface area contributed by atoms with Gasteiger partial charge in [-0.15, -0.1) is 0 Å². The lowest BCUT2D eigenvalue weighted by Crippen LogP contribution is -2.19. The third-order valence-electron chi connectivity index (χ3n) is 4.25. The molecule has 0 bridgehead atoms. The Morgan fingerprint density at radius 2 is 1.48 bits per heavy atom. The molecule has 0 fully saturated rings. The zero-order chi connectivity index (χ0) is 20.1. The summed E-state index contributed by atoms with van der Waals surface area (Å²) in [5, 5.41) is 13.4. The van der Waals surface area contributed by atoms with E-state index < -0.39 is 0 Å². The predicted molar refractivity (Wildman–Crippen MR) is 115 cm³/mol. The van der Waals surface area contributed by atoms with Gasteiger partial charge in [-0.05, 0) is 42.0 Å². The van der Waals surface area contributed by atoms with Crippen molar-refractivity contribution in [2.24, 2.45) is 0 Å². The van der Waals surface area contributed by atoms with Gasteiger partial charge in [-0.2, -0.15) is 5.10 Å². The first-order valence-electron chi connectivity index (χ1n) is 9.05. The highest BCUT2D eigenvalue weighted by molar-refractivity contribution is 6.30. The van der Waals surface area contributed by atoms with Gasteiger partial charge in [0.15, 0.2) is 5.82 Å². The van der Waals surface area contributed by atoms with Crippen LogP contribution in [0.4, 0.5) is 16.2 Å². The number of halogens is 1. The van der Waals surface area contributed by atoms with Crippen LogP contribution in [-0.2, 0) is 6.42 Å². The number of aromatic amines is 1. The highest BCUT2D eigenvalue weighted by atomic mass is 35.5. The van der Waals surface area contributed by atoms with E-state index >= 15 is 0 Å². The summed E-state index contributed by atoms with van der Waals surface area (Å²) in [5.41, 5.74) is 3.40. The summed E-state index contributed by atoms with van der Waals surface area (Å²) in [6.07, 6.45) is 0.622. The molecule has 1 heterocycles. The number of carbonyl (C=O) groups is 1. The Bertz CT molecular complexity index is 1090. The lowest BCUT2D eigenvalue weighted by atomic mass is 10.1. The maximum atomic E-state index is 12.1. The molecule has 2 amide bonds. The van der Waals surface area contributed by atoms with Crippen molar-refractivity contribution in [1.29, 1.82) is 0 Å². The molecule has 144 valence electrons. The van der Waals surface area contributed by atoms with Gasteiger partial charge in [0.2, 0.25) is 0 Å². The van der Waals surface area contributed by atoms with E-state index in [9.17, 15) is 4.79 Å². The standard InChI is InChI=1S/C22H18ClN5O/c23-17-8-12-19(13-9-17)25-22(29)24-18-10-6-15(7-11-18)14-20-26-21(28-27-20)16-4-2-1-3-5-16/h1-13H,14H2,(H2,24,25,29)(H,26,27,28). The van der Waals surface area contributed by atoms with Gasteiger partial charge in [0.25, 0.3) is 0 Å². The van der Waals surface area contributed by atoms with Gasteiger partial charge in [-0.1, -0.05) is 54.1 Å². The molecule has 6 nitrogen and oxygen atoms in total. The van der Waals surface area contributed by atoms with Gasteiger partial charge in [-0.3, -0.25) is 5.10 Å². The Hall–Kier alpha value is -3.64. The van der Waals surface area contributed by atoms with Crippen LogP contribution in [0.15, 0.2) is 78.9 Å². The monoisotopic (exact) mass is 403 g/mol. The second-order valence-electron chi connectivity index (χ2n) is 6.43. The van der Waals surface area contributed by atoms with Crippen LogP contribution in [0.25, 0.3) is 11.4 Å². The minimum absolute atomic E-state index is 0.317. The van der Waals surface area contributed by atoms with Crippen molar-refractivity contribution in [1.82, 2.24) is 15.2 Å². The Labute approximate surface area is 173 Å². The molecule has 0 spiro atoms. The van der Waals surface area contributed by atoms with Gasteiger partial charge in [0.1, 0.15) is 5.82 Å². The molecule has 0 unspecified atom stereocenters. The predicted octanol–water partition coefficient (Wildman–Crippen LogP) is 5.36. The molecule has 0 atom stereocenters. The average molecular weight is 404 g/mol. The molecule has 0 radical (unpaired) electrons. The van der Waals surface area contributed by atoms with E-state index in [0.717, 1.165) is 17.0 Å². The Morgan fingerprint density at radius 1 is 0.862 bits per heavy atom. The molecule has 4 rings (SSSR count). The fraction of sp³-hybridized carbons (Fsp3) is 0.0455. The third kappa shape index (κ3) is 5.00. The minimum Gasteiger partial charge on any atom is -0.308 e. The third-order valence-corrected chi connectivity index (χ3v) is 4.50. The van der Waals surface area contributed by atoms with Crippen molar-refractivity contribution in [2.75, 3.05) is 10.6 Å². The molecule has 0 saturated heterocycles. The van der Waals surface area contributed by atoms with Gasteiger partial charge < -0.3 is 10.6 Å². The molecule has 4 aromatic rings. The number of hydrogen-bond acceptors (Lipinski definition) is 3. The normalized spacial score (nSPS) is 10.5. The van der Waals surface area contributed by atoms with Crippen molar-refractivity contribution in [3.8, 4) is 11.4 Å². The molecular weight excluding hydrogens is 386 g/mol. The molecule has 1 aromatic heterocycles. The van der Waals surface area contributed by atoms with Gasteiger partial charge in [0.05, 0.1) is 0 Å². The number of nitrogens with one attached hydrogen (secondary N) is 3. The van der Waals surface area contributed by atoms with Gasteiger partial charge >= 0.3 is 6.03 Å². The molecule has 0 aliphatic carbocycles. The summed E-state index contributed by atoms with van der Waals surface area (Å²) in [6, 6.07) is 24.0. The first kappa shape index (κ1) is 18.7. The van der Waals surface area contributed by atoms with Crippen LogP contribution in [0.1, 0.15) is 11.4 Å². The van der Waals surface area contributed by atoms with Crippen LogP contribution in [0.5, 0.6) is 0 Å². The molecule has 0 aliphatic rings. The second-order valence-corrected chi connectivity index (χ2v) is 6.87. The first-order valence-corrected chi connectivity index (χ1v) is 9.43. The number of carbonyl (C=O) groups excluding carboxylic acids is 1. The summed E-state index contributed by atoms with van der Waals surface area (Å²) < 4.78 is 0. The molecule has 3 N–H and O–H groups in total. The Balaban J connectivity index is 1.35. The van der Waals surface area contributed by atoms with Crippen LogP contribution in [-0.4, -0.2) is 21.2 Å². The Kier molecular flexibility index (Phi) is 5.54. The van der Waals surface area contributed by atoms with E-state index in [-0.39, 0.29) is 6.03 Å². The minimum atomic E-state index is -0.317. The smallest absolute Gasteiger partial charge is 0.308 e. The second kappa shape index (κ2) is 8.58. The molecular formula is C22H18ClN5O. The Morgan fingerprint density at radius 3 is 2.14 bits per heavy atom. The number of nitrogens with zero attached hydrogens (tertiary/aromatic N) is 2. The van der Waals surface area contributed by atoms with Crippen molar-refractivity contribution < 1.29 is 4.79 Å². The van der Waals surface area contributed by atoms with Gasteiger partial charge in [-0.25, -0.2) is 9.78 Å². The average Bonchev–Trinajstić information content (AvgIpc) is 3.20. The first-order chi connectivity index (χ1) is 14.2. The SMILES string of the molecule is O=C(Nc1ccc(Cl)cc1)Nc1ccc(Cc2nc(-c3ccccc3)n[nH]2)cc1. The number of rotatable bonds is 5. The largest absolute Gasteiger partial charge is 0.323 e. The molecule has 0 aliphatic heterocycles. The van der Waals surface area contributed by atoms with E-state index in [1.54, 1.807) is 24.3 Å². The number of benzene rings is 3. The molecule has 3 aromatic carbocycles. The fourth-order valence-electron chi connectivity index (χ4n) is 2.82. The van der Waals surface area contributed by atoms with Crippen LogP contribution >= 0.6 is 11.6 Å². The van der Waals surface area contributed by atoms with Crippen LogP contribution < -0.4 is 10.6 Å². The van der Waals surface area contributed by atoms with Crippen molar-refractivity contribution in [3.05, 3.63) is 95.3 Å². The maximum Gasteiger partial charge on any atom is 0.323 e. The molecule has 29 heavy (non-hydrogen) atoms. The number of urea groups is 1. The summed E-state index contributed by atoms with van der Waals surface area (Å²) >= 11 is 5.84. The van der Waals surface area contributed by atoms with Crippen molar-refractivity contribution in [3.63, 3.8) is 0 Å². The molecule has 7 heteroatoms. The fourth-order valence-corrected chi connectivity index (χ4v) is 2.94. The van der Waals surface area contributed by atoms with Crippen molar-refractivity contribution in [2.45, 2.75) is 6.42 Å². The summed E-state index contributed by atoms with van der Waals surface area (Å²) in [4.78, 5) is 16.6. The lowest BCUT2D eigenvalue weighted by molar-refractivity contribution is 0.262. The number of anilines is 2. The zero-order valence-electron chi connectivity index (χ0n) is 15.4. The molecule has 0 saturated carbocycles. The van der Waals surface area contributed by atoms with E-state index in [2.05, 4.69) is 25.8 Å². The van der Waals surface area contributed by atoms with Crippen LogP contribution in [0, 0.1) is 0 Å². The quantitative estimate of drug-likeness (QED) is 0.419. The zero-order valence-corrected chi connectivity index (χ0v) is 16.1. The number of hydrogen-bond donors (Lipinski definition) is 3. The summed E-state index contributed by atoms with van der Waals surface area (Å²) in [6.45, 7) is 0. The van der Waals surface area contributed by atoms with Gasteiger partial charge in [0, 0.05) is 28.4 Å². The highest BCUT2D eigenvalue weighted by Crippen LogP contribution is 2.17. The number of aromatic nitrogens is 3. The lowest BCUT2D eigenvalue weighted by Gasteiger charge is -2.08. The van der Waals surface area contributed by atoms with E-state index in [0.29, 0.717) is 28.6 Å². The van der Waals surface area contributed by atoms with Crippen molar-refractivity contribution >= 4 is 29.0 Å². The number of amides is 2. The topological polar surface area (TPSA) is 82.7 Å². The van der Waals surface area contributed by atoms with E-state index in [1.165, 1.54) is 0 Å². The summed E-state index contributed by atoms with van der Waals surface area (Å²) in [5.74, 6) is 1.46. The van der Waals surface area contributed by atoms with Crippen LogP contribution in [0.3, 0.4) is 0 Å². The number of H-pyrrole nitrogens is 1.